The molecule has 3 atom stereocenters. The number of rotatable bonds is 4. The maximum Gasteiger partial charge on any atom is 0.245 e. The van der Waals surface area contributed by atoms with E-state index in [4.69, 9.17) is 0 Å². The Morgan fingerprint density at radius 1 is 1.21 bits per heavy atom. The van der Waals surface area contributed by atoms with E-state index < -0.39 is 0 Å². The van der Waals surface area contributed by atoms with Crippen molar-refractivity contribution in [3.8, 4) is 0 Å². The molecule has 5 heteroatoms. The number of hydrogen-bond acceptors (Lipinski definition) is 3. The van der Waals surface area contributed by atoms with Crippen LogP contribution in [0.15, 0.2) is 30.3 Å². The van der Waals surface area contributed by atoms with Crippen LogP contribution < -0.4 is 0 Å². The first-order chi connectivity index (χ1) is 11.5. The molecular weight excluding hydrogens is 302 g/mol. The van der Waals surface area contributed by atoms with Crippen molar-refractivity contribution in [2.45, 2.75) is 44.3 Å². The zero-order valence-electron chi connectivity index (χ0n) is 14.8. The summed E-state index contributed by atoms with van der Waals surface area (Å²) in [5, 5.41) is 0. The Balaban J connectivity index is 1.63. The topological polar surface area (TPSA) is 43.9 Å². The largest absolute Gasteiger partial charge is 0.335 e. The van der Waals surface area contributed by atoms with Crippen molar-refractivity contribution in [1.29, 1.82) is 0 Å². The number of likely N-dealkylation sites (N-methyl/N-ethyl adjacent to an activating group) is 1. The maximum absolute atomic E-state index is 12.7. The minimum atomic E-state index is -0.342. The number of carbonyl (C=O) groups is 2. The molecule has 2 aliphatic rings. The van der Waals surface area contributed by atoms with Gasteiger partial charge < -0.3 is 14.7 Å². The second-order valence-corrected chi connectivity index (χ2v) is 7.21. The molecule has 0 bridgehead atoms. The van der Waals surface area contributed by atoms with E-state index in [1.165, 1.54) is 0 Å². The van der Waals surface area contributed by atoms with Gasteiger partial charge in [-0.1, -0.05) is 30.3 Å². The van der Waals surface area contributed by atoms with Gasteiger partial charge in [0, 0.05) is 25.6 Å². The van der Waals surface area contributed by atoms with Gasteiger partial charge in [0.1, 0.15) is 6.04 Å². The number of amides is 2. The average Bonchev–Trinajstić information content (AvgIpc) is 3.01. The van der Waals surface area contributed by atoms with Crippen LogP contribution in [0.5, 0.6) is 0 Å². The lowest BCUT2D eigenvalue weighted by Gasteiger charge is -2.41. The summed E-state index contributed by atoms with van der Waals surface area (Å²) < 4.78 is 0. The molecule has 1 aromatic rings. The normalized spacial score (nSPS) is 26.8. The molecule has 2 aliphatic heterocycles. The molecule has 2 heterocycles. The summed E-state index contributed by atoms with van der Waals surface area (Å²) in [6, 6.07) is 10.3. The van der Waals surface area contributed by atoms with Gasteiger partial charge in [0.2, 0.25) is 11.8 Å². The molecule has 2 saturated heterocycles. The highest BCUT2D eigenvalue weighted by atomic mass is 16.2. The Labute approximate surface area is 144 Å². The molecule has 2 fully saturated rings. The van der Waals surface area contributed by atoms with Gasteiger partial charge >= 0.3 is 0 Å². The van der Waals surface area contributed by atoms with Crippen molar-refractivity contribution < 1.29 is 9.59 Å². The van der Waals surface area contributed by atoms with Gasteiger partial charge in [-0.2, -0.15) is 0 Å². The Kier molecular flexibility index (Phi) is 4.90. The predicted molar refractivity (Wildman–Crippen MR) is 93.5 cm³/mol. The molecule has 0 radical (unpaired) electrons. The monoisotopic (exact) mass is 329 g/mol. The van der Waals surface area contributed by atoms with Crippen LogP contribution in [0.2, 0.25) is 0 Å². The minimum Gasteiger partial charge on any atom is -0.335 e. The van der Waals surface area contributed by atoms with Crippen molar-refractivity contribution >= 4 is 11.8 Å². The van der Waals surface area contributed by atoms with Crippen molar-refractivity contribution in [1.82, 2.24) is 14.7 Å². The number of aryl methyl sites for hydroxylation is 1. The number of hydrogen-bond donors (Lipinski definition) is 0. The number of benzene rings is 1. The van der Waals surface area contributed by atoms with E-state index in [1.807, 2.05) is 42.2 Å². The highest BCUT2D eigenvalue weighted by molar-refractivity contribution is 5.89. The van der Waals surface area contributed by atoms with E-state index in [2.05, 4.69) is 19.0 Å². The van der Waals surface area contributed by atoms with E-state index in [0.717, 1.165) is 24.9 Å². The second-order valence-electron chi connectivity index (χ2n) is 7.21. The van der Waals surface area contributed by atoms with Crippen LogP contribution >= 0.6 is 0 Å². The van der Waals surface area contributed by atoms with Crippen molar-refractivity contribution in [3.63, 3.8) is 0 Å². The first-order valence-corrected chi connectivity index (χ1v) is 8.77. The highest BCUT2D eigenvalue weighted by Crippen LogP contribution is 2.28. The first-order valence-electron chi connectivity index (χ1n) is 8.77. The number of piperazine rings is 1. The van der Waals surface area contributed by atoms with Gasteiger partial charge in [-0.05, 0) is 39.4 Å². The molecule has 2 amide bonds. The smallest absolute Gasteiger partial charge is 0.245 e. The van der Waals surface area contributed by atoms with Crippen LogP contribution in [-0.2, 0) is 16.0 Å². The summed E-state index contributed by atoms with van der Waals surface area (Å²) in [7, 11) is 4.11. The standard InChI is InChI=1S/C19H27N3O2/c1-14-19(24)22-12-16(20(2)3)11-17(22)13-21(14)18(23)10-9-15-7-5-4-6-8-15/h4-8,14,16-17H,9-13H2,1-3H3. The zero-order valence-corrected chi connectivity index (χ0v) is 14.8. The molecule has 3 unspecified atom stereocenters. The van der Waals surface area contributed by atoms with Crippen LogP contribution in [0.3, 0.4) is 0 Å². The van der Waals surface area contributed by atoms with E-state index in [9.17, 15) is 9.59 Å². The van der Waals surface area contributed by atoms with Crippen molar-refractivity contribution in [3.05, 3.63) is 35.9 Å². The van der Waals surface area contributed by atoms with E-state index >= 15 is 0 Å². The van der Waals surface area contributed by atoms with Gasteiger partial charge in [-0.25, -0.2) is 0 Å². The third-order valence-corrected chi connectivity index (χ3v) is 5.43. The molecule has 5 nitrogen and oxygen atoms in total. The average molecular weight is 329 g/mol. The fourth-order valence-electron chi connectivity index (χ4n) is 3.82. The highest BCUT2D eigenvalue weighted by Gasteiger charge is 2.45. The zero-order chi connectivity index (χ0) is 17.3. The third-order valence-electron chi connectivity index (χ3n) is 5.43. The van der Waals surface area contributed by atoms with Gasteiger partial charge in [0.05, 0.1) is 6.04 Å². The Morgan fingerprint density at radius 2 is 1.92 bits per heavy atom. The summed E-state index contributed by atoms with van der Waals surface area (Å²) in [4.78, 5) is 31.3. The molecule has 0 saturated carbocycles. The summed E-state index contributed by atoms with van der Waals surface area (Å²) in [6.45, 7) is 3.32. The molecule has 1 aromatic carbocycles. The molecule has 0 spiro atoms. The van der Waals surface area contributed by atoms with Crippen LogP contribution in [0.4, 0.5) is 0 Å². The third kappa shape index (κ3) is 3.31. The summed E-state index contributed by atoms with van der Waals surface area (Å²) in [5.41, 5.74) is 1.16. The van der Waals surface area contributed by atoms with Gasteiger partial charge in [0.15, 0.2) is 0 Å². The van der Waals surface area contributed by atoms with Crippen molar-refractivity contribution in [2.24, 2.45) is 0 Å². The Morgan fingerprint density at radius 3 is 2.58 bits per heavy atom. The van der Waals surface area contributed by atoms with Gasteiger partial charge in [0.25, 0.3) is 0 Å². The summed E-state index contributed by atoms with van der Waals surface area (Å²) in [5.74, 6) is 0.191. The minimum absolute atomic E-state index is 0.0904. The number of nitrogens with zero attached hydrogens (tertiary/aromatic N) is 3. The van der Waals surface area contributed by atoms with Crippen LogP contribution in [0.25, 0.3) is 0 Å². The van der Waals surface area contributed by atoms with Crippen LogP contribution in [0, 0.1) is 0 Å². The first kappa shape index (κ1) is 17.0. The number of fused-ring (bicyclic) bond motifs is 1. The Bertz CT molecular complexity index is 602. The second kappa shape index (κ2) is 6.93. The maximum atomic E-state index is 12.7. The number of carbonyl (C=O) groups excluding carboxylic acids is 2. The lowest BCUT2D eigenvalue weighted by atomic mass is 10.0. The molecule has 24 heavy (non-hydrogen) atoms. The summed E-state index contributed by atoms with van der Waals surface area (Å²) in [6.07, 6.45) is 2.14. The lowest BCUT2D eigenvalue weighted by Crippen LogP contribution is -2.60. The van der Waals surface area contributed by atoms with Gasteiger partial charge in [-0.15, -0.1) is 0 Å². The summed E-state index contributed by atoms with van der Waals surface area (Å²) >= 11 is 0. The van der Waals surface area contributed by atoms with Crippen molar-refractivity contribution in [2.75, 3.05) is 27.2 Å². The quantitative estimate of drug-likeness (QED) is 0.838. The fraction of sp³-hybridized carbons (Fsp3) is 0.579. The molecular formula is C19H27N3O2. The lowest BCUT2D eigenvalue weighted by molar-refractivity contribution is -0.152. The van der Waals surface area contributed by atoms with Crippen LogP contribution in [0.1, 0.15) is 25.3 Å². The van der Waals surface area contributed by atoms with E-state index in [1.54, 1.807) is 4.90 Å². The predicted octanol–water partition coefficient (Wildman–Crippen LogP) is 1.38. The Hall–Kier alpha value is -1.88. The van der Waals surface area contributed by atoms with E-state index in [0.29, 0.717) is 19.0 Å². The molecule has 3 rings (SSSR count). The SMILES string of the molecule is CC1C(=O)N2CC(N(C)C)CC2CN1C(=O)CCc1ccccc1. The fourth-order valence-corrected chi connectivity index (χ4v) is 3.82. The molecule has 0 aromatic heterocycles. The molecule has 0 N–H and O–H groups in total. The van der Waals surface area contributed by atoms with Gasteiger partial charge in [-0.3, -0.25) is 9.59 Å². The van der Waals surface area contributed by atoms with E-state index in [-0.39, 0.29) is 23.9 Å². The molecule has 0 aliphatic carbocycles. The van der Waals surface area contributed by atoms with Crippen LogP contribution in [-0.4, -0.2) is 71.8 Å². The molecule has 130 valence electrons.